The smallest absolute Gasteiger partial charge is 0.411 e. The first-order valence-electron chi connectivity index (χ1n) is 7.83. The van der Waals surface area contributed by atoms with Crippen molar-refractivity contribution < 1.29 is 19.4 Å². The summed E-state index contributed by atoms with van der Waals surface area (Å²) >= 11 is 1.59. The Kier molecular flexibility index (Phi) is 5.93. The van der Waals surface area contributed by atoms with Gasteiger partial charge in [0.25, 0.3) is 0 Å². The van der Waals surface area contributed by atoms with Crippen molar-refractivity contribution in [3.63, 3.8) is 0 Å². The van der Waals surface area contributed by atoms with Crippen molar-refractivity contribution in [2.45, 2.75) is 44.1 Å². The Balaban J connectivity index is 2.12. The first-order chi connectivity index (χ1) is 11.0. The molecule has 0 aromatic heterocycles. The zero-order valence-electron chi connectivity index (χ0n) is 13.5. The zero-order valence-corrected chi connectivity index (χ0v) is 14.3. The normalized spacial score (nSPS) is 23.5. The fourth-order valence-electron chi connectivity index (χ4n) is 2.83. The molecule has 0 radical (unpaired) electrons. The lowest BCUT2D eigenvalue weighted by molar-refractivity contribution is -0.149. The van der Waals surface area contributed by atoms with Crippen molar-refractivity contribution >= 4 is 23.8 Å². The van der Waals surface area contributed by atoms with E-state index in [1.165, 1.54) is 4.90 Å². The number of hydrogen-bond acceptors (Lipinski definition) is 4. The molecule has 23 heavy (non-hydrogen) atoms. The number of carboxylic acid groups (broad SMARTS) is 1. The van der Waals surface area contributed by atoms with E-state index < -0.39 is 17.6 Å². The van der Waals surface area contributed by atoms with Crippen molar-refractivity contribution in [1.82, 2.24) is 4.90 Å². The van der Waals surface area contributed by atoms with Gasteiger partial charge in [-0.15, -0.1) is 0 Å². The number of ether oxygens (including phenoxy) is 1. The highest BCUT2D eigenvalue weighted by molar-refractivity contribution is 8.00. The molecule has 2 rings (SSSR count). The SMILES string of the molecule is CCCN(C(=O)OCc1ccccc1)C1(C(=O)O)CSC(C)C1. The highest BCUT2D eigenvalue weighted by Crippen LogP contribution is 2.39. The second-order valence-electron chi connectivity index (χ2n) is 5.85. The summed E-state index contributed by atoms with van der Waals surface area (Å²) in [4.78, 5) is 25.9. The van der Waals surface area contributed by atoms with Crippen LogP contribution >= 0.6 is 11.8 Å². The molecule has 1 aromatic carbocycles. The lowest BCUT2D eigenvalue weighted by Crippen LogP contribution is -2.58. The minimum atomic E-state index is -1.16. The van der Waals surface area contributed by atoms with Gasteiger partial charge in [-0.05, 0) is 18.4 Å². The molecule has 1 fully saturated rings. The van der Waals surface area contributed by atoms with Crippen LogP contribution in [0.4, 0.5) is 4.79 Å². The molecular formula is C17H23NO4S. The van der Waals surface area contributed by atoms with Crippen LogP contribution < -0.4 is 0 Å². The average molecular weight is 337 g/mol. The molecule has 0 saturated carbocycles. The molecule has 1 amide bonds. The van der Waals surface area contributed by atoms with Gasteiger partial charge < -0.3 is 9.84 Å². The number of rotatable bonds is 6. The standard InChI is InChI=1S/C17H23NO4S/c1-3-9-18(17(15(19)20)10-13(2)23-12-17)16(21)22-11-14-7-5-4-6-8-14/h4-8,13H,3,9-12H2,1-2H3,(H,19,20). The fraction of sp³-hybridized carbons (Fsp3) is 0.529. The fourth-order valence-corrected chi connectivity index (χ4v) is 4.18. The molecule has 0 aliphatic carbocycles. The van der Waals surface area contributed by atoms with Crippen LogP contribution in [0.15, 0.2) is 30.3 Å². The number of nitrogens with zero attached hydrogens (tertiary/aromatic N) is 1. The monoisotopic (exact) mass is 337 g/mol. The lowest BCUT2D eigenvalue weighted by Gasteiger charge is -2.36. The third-order valence-electron chi connectivity index (χ3n) is 4.02. The van der Waals surface area contributed by atoms with Crippen molar-refractivity contribution in [2.75, 3.05) is 12.3 Å². The summed E-state index contributed by atoms with van der Waals surface area (Å²) in [6.45, 7) is 4.46. The second-order valence-corrected chi connectivity index (χ2v) is 7.28. The third-order valence-corrected chi connectivity index (χ3v) is 5.40. The van der Waals surface area contributed by atoms with E-state index in [-0.39, 0.29) is 11.9 Å². The van der Waals surface area contributed by atoms with Crippen LogP contribution in [0.25, 0.3) is 0 Å². The third kappa shape index (κ3) is 3.99. The van der Waals surface area contributed by atoms with Crippen LogP contribution in [-0.4, -0.2) is 45.2 Å². The van der Waals surface area contributed by atoms with E-state index >= 15 is 0 Å². The van der Waals surface area contributed by atoms with Gasteiger partial charge in [-0.1, -0.05) is 44.2 Å². The van der Waals surface area contributed by atoms with E-state index in [0.717, 1.165) is 5.56 Å². The van der Waals surface area contributed by atoms with E-state index in [4.69, 9.17) is 4.74 Å². The number of carbonyl (C=O) groups is 2. The molecule has 1 N–H and O–H groups in total. The van der Waals surface area contributed by atoms with Gasteiger partial charge in [0.15, 0.2) is 5.54 Å². The second kappa shape index (κ2) is 7.73. The Morgan fingerprint density at radius 1 is 1.39 bits per heavy atom. The highest BCUT2D eigenvalue weighted by atomic mass is 32.2. The number of hydrogen-bond donors (Lipinski definition) is 1. The molecule has 2 atom stereocenters. The van der Waals surface area contributed by atoms with Crippen LogP contribution in [-0.2, 0) is 16.1 Å². The van der Waals surface area contributed by atoms with Gasteiger partial charge in [-0.3, -0.25) is 4.90 Å². The first kappa shape index (κ1) is 17.7. The van der Waals surface area contributed by atoms with Gasteiger partial charge in [0, 0.05) is 17.5 Å². The van der Waals surface area contributed by atoms with Gasteiger partial charge in [0.2, 0.25) is 0 Å². The van der Waals surface area contributed by atoms with Crippen molar-refractivity contribution in [3.8, 4) is 0 Å². The minimum absolute atomic E-state index is 0.151. The summed E-state index contributed by atoms with van der Waals surface area (Å²) in [5.74, 6) is -0.538. The number of aliphatic carboxylic acids is 1. The molecule has 5 nitrogen and oxygen atoms in total. The Labute approximate surface area is 141 Å². The summed E-state index contributed by atoms with van der Waals surface area (Å²) in [5.41, 5.74) is -0.274. The average Bonchev–Trinajstić information content (AvgIpc) is 2.94. The lowest BCUT2D eigenvalue weighted by atomic mass is 9.94. The largest absolute Gasteiger partial charge is 0.479 e. The van der Waals surface area contributed by atoms with Crippen molar-refractivity contribution in [3.05, 3.63) is 35.9 Å². The van der Waals surface area contributed by atoms with E-state index in [1.807, 2.05) is 44.2 Å². The summed E-state index contributed by atoms with van der Waals surface area (Å²) in [7, 11) is 0. The topological polar surface area (TPSA) is 66.8 Å². The molecule has 0 spiro atoms. The van der Waals surface area contributed by atoms with E-state index in [0.29, 0.717) is 25.1 Å². The minimum Gasteiger partial charge on any atom is -0.479 e. The number of amides is 1. The zero-order chi connectivity index (χ0) is 16.9. The van der Waals surface area contributed by atoms with E-state index in [1.54, 1.807) is 11.8 Å². The van der Waals surface area contributed by atoms with Crippen LogP contribution in [0.3, 0.4) is 0 Å². The van der Waals surface area contributed by atoms with Crippen LogP contribution in [0.5, 0.6) is 0 Å². The maximum absolute atomic E-state index is 12.5. The Morgan fingerprint density at radius 3 is 2.61 bits per heavy atom. The molecule has 1 heterocycles. The maximum atomic E-state index is 12.5. The van der Waals surface area contributed by atoms with Crippen LogP contribution in [0.1, 0.15) is 32.3 Å². The molecule has 1 aliphatic rings. The highest BCUT2D eigenvalue weighted by Gasteiger charge is 2.51. The van der Waals surface area contributed by atoms with E-state index in [2.05, 4.69) is 0 Å². The summed E-state index contributed by atoms with van der Waals surface area (Å²) < 4.78 is 5.38. The predicted molar refractivity (Wildman–Crippen MR) is 90.5 cm³/mol. The molecule has 1 aliphatic heterocycles. The number of benzene rings is 1. The van der Waals surface area contributed by atoms with Crippen molar-refractivity contribution in [2.24, 2.45) is 0 Å². The summed E-state index contributed by atoms with van der Waals surface area (Å²) in [6.07, 6.45) is 0.592. The number of carboxylic acids is 1. The summed E-state index contributed by atoms with van der Waals surface area (Å²) in [5, 5.41) is 9.97. The van der Waals surface area contributed by atoms with Gasteiger partial charge in [-0.25, -0.2) is 9.59 Å². The Hall–Kier alpha value is -1.69. The van der Waals surface area contributed by atoms with Crippen LogP contribution in [0, 0.1) is 0 Å². The molecule has 2 unspecified atom stereocenters. The first-order valence-corrected chi connectivity index (χ1v) is 8.88. The molecule has 1 saturated heterocycles. The molecule has 0 bridgehead atoms. The molecule has 6 heteroatoms. The Morgan fingerprint density at radius 2 is 2.09 bits per heavy atom. The van der Waals surface area contributed by atoms with Crippen molar-refractivity contribution in [1.29, 1.82) is 0 Å². The molecule has 126 valence electrons. The van der Waals surface area contributed by atoms with Gasteiger partial charge in [0.1, 0.15) is 6.61 Å². The number of carbonyl (C=O) groups excluding carboxylic acids is 1. The van der Waals surface area contributed by atoms with Gasteiger partial charge >= 0.3 is 12.1 Å². The number of thioether (sulfide) groups is 1. The molecule has 1 aromatic rings. The van der Waals surface area contributed by atoms with Crippen LogP contribution in [0.2, 0.25) is 0 Å². The van der Waals surface area contributed by atoms with Gasteiger partial charge in [0.05, 0.1) is 0 Å². The quantitative estimate of drug-likeness (QED) is 0.862. The maximum Gasteiger partial charge on any atom is 0.411 e. The predicted octanol–water partition coefficient (Wildman–Crippen LogP) is 3.38. The Bertz CT molecular complexity index is 551. The molecular weight excluding hydrogens is 314 g/mol. The van der Waals surface area contributed by atoms with Gasteiger partial charge in [-0.2, -0.15) is 11.8 Å². The van der Waals surface area contributed by atoms with E-state index in [9.17, 15) is 14.7 Å². The summed E-state index contributed by atoms with van der Waals surface area (Å²) in [6, 6.07) is 9.39.